The van der Waals surface area contributed by atoms with Gasteiger partial charge in [0.25, 0.3) is 10.1 Å². The molecule has 61 heavy (non-hydrogen) atoms. The van der Waals surface area contributed by atoms with Crippen LogP contribution in [-0.4, -0.2) is 96.0 Å². The van der Waals surface area contributed by atoms with Crippen molar-refractivity contribution in [2.75, 3.05) is 19.0 Å². The topological polar surface area (TPSA) is 186 Å². The zero-order valence-electron chi connectivity index (χ0n) is 38.5. The van der Waals surface area contributed by atoms with Gasteiger partial charge in [0, 0.05) is 12.8 Å². The number of esters is 2. The van der Waals surface area contributed by atoms with Crippen molar-refractivity contribution in [2.24, 2.45) is 0 Å². The van der Waals surface area contributed by atoms with Crippen LogP contribution in [0.4, 0.5) is 0 Å². The number of allylic oxidation sites excluding steroid dienone is 2. The van der Waals surface area contributed by atoms with Crippen molar-refractivity contribution in [2.45, 2.75) is 263 Å². The molecule has 0 bridgehead atoms. The summed E-state index contributed by atoms with van der Waals surface area (Å²) in [5.41, 5.74) is 0. The summed E-state index contributed by atoms with van der Waals surface area (Å²) in [5, 5.41) is 30.9. The Labute approximate surface area is 371 Å². The Morgan fingerprint density at radius 3 is 1.41 bits per heavy atom. The molecular formula is C48H90O12S. The number of unbranched alkanes of at least 4 members (excludes halogenated alkanes) is 28. The molecule has 1 aliphatic heterocycles. The van der Waals surface area contributed by atoms with Gasteiger partial charge >= 0.3 is 11.9 Å². The van der Waals surface area contributed by atoms with E-state index in [0.29, 0.717) is 19.3 Å². The van der Waals surface area contributed by atoms with E-state index in [2.05, 4.69) is 26.0 Å². The average molecular weight is 891 g/mol. The molecule has 12 nitrogen and oxygen atoms in total. The lowest BCUT2D eigenvalue weighted by atomic mass is 10.00. The Bertz CT molecular complexity index is 1180. The van der Waals surface area contributed by atoms with E-state index in [1.807, 2.05) is 0 Å². The molecule has 1 fully saturated rings. The third-order valence-corrected chi connectivity index (χ3v) is 12.3. The van der Waals surface area contributed by atoms with E-state index in [9.17, 15) is 37.9 Å². The first kappa shape index (κ1) is 57.4. The van der Waals surface area contributed by atoms with Crippen LogP contribution >= 0.6 is 0 Å². The summed E-state index contributed by atoms with van der Waals surface area (Å²) < 4.78 is 54.0. The minimum Gasteiger partial charge on any atom is -0.462 e. The second-order valence-corrected chi connectivity index (χ2v) is 19.0. The molecule has 6 atom stereocenters. The highest BCUT2D eigenvalue weighted by Gasteiger charge is 2.46. The van der Waals surface area contributed by atoms with E-state index >= 15 is 0 Å². The van der Waals surface area contributed by atoms with Crippen molar-refractivity contribution in [3.63, 3.8) is 0 Å². The maximum atomic E-state index is 12.8. The van der Waals surface area contributed by atoms with Crippen LogP contribution in [0, 0.1) is 0 Å². The summed E-state index contributed by atoms with van der Waals surface area (Å²) >= 11 is 0. The highest BCUT2D eigenvalue weighted by atomic mass is 32.2. The summed E-state index contributed by atoms with van der Waals surface area (Å²) in [7, 11) is -4.60. The Balaban J connectivity index is 2.34. The van der Waals surface area contributed by atoms with Gasteiger partial charge in [-0.3, -0.25) is 14.1 Å². The number of rotatable bonds is 42. The Morgan fingerprint density at radius 1 is 0.541 bits per heavy atom. The molecule has 360 valence electrons. The molecule has 0 amide bonds. The highest BCUT2D eigenvalue weighted by molar-refractivity contribution is 7.85. The first-order chi connectivity index (χ1) is 29.5. The SMILES string of the molecule is CCCCCCCCCCCCCCCCCCCC/C=C/CCCC(=O)O[C@H](COC(=O)CCCCCCCCCCCC)CO[C@H]1O[C@H](CS(=O)(=O)O)[C@@H](O)C(O)C1O. The number of carbonyl (C=O) groups excluding carboxylic acids is 2. The van der Waals surface area contributed by atoms with Gasteiger partial charge in [-0.25, -0.2) is 0 Å². The van der Waals surface area contributed by atoms with Crippen molar-refractivity contribution in [3.05, 3.63) is 12.2 Å². The summed E-state index contributed by atoms with van der Waals surface area (Å²) in [5.74, 6) is -2.01. The number of aliphatic hydroxyl groups excluding tert-OH is 3. The minimum atomic E-state index is -4.60. The van der Waals surface area contributed by atoms with Gasteiger partial charge in [0.2, 0.25) is 0 Å². The molecule has 1 saturated heterocycles. The molecule has 0 saturated carbocycles. The van der Waals surface area contributed by atoms with Gasteiger partial charge in [-0.15, -0.1) is 0 Å². The standard InChI is InChI=1S/C48H90O12S/c1-3-5-7-9-11-13-15-16-17-18-19-20-21-22-23-24-25-26-27-29-31-33-35-37-44(50)59-41(38-57-43(49)36-34-32-30-28-14-12-10-8-6-4-2)39-58-48-47(53)46(52)45(51)42(60-48)40-61(54,55)56/h29,31,41-42,45-48,51-53H,3-28,30,32-40H2,1-2H3,(H,54,55,56)/b31-29+/t41-,42-,45-,46?,47?,48+/m1/s1. The van der Waals surface area contributed by atoms with Crippen molar-refractivity contribution in [1.82, 2.24) is 0 Å². The predicted octanol–water partition coefficient (Wildman–Crippen LogP) is 10.6. The van der Waals surface area contributed by atoms with Crippen molar-refractivity contribution >= 4 is 22.1 Å². The fraction of sp³-hybridized carbons (Fsp3) is 0.917. The van der Waals surface area contributed by atoms with Crippen LogP contribution < -0.4 is 0 Å². The molecule has 0 aromatic rings. The molecule has 1 heterocycles. The third kappa shape index (κ3) is 33.6. The fourth-order valence-corrected chi connectivity index (χ4v) is 8.43. The summed E-state index contributed by atoms with van der Waals surface area (Å²) in [4.78, 5) is 25.4. The fourth-order valence-electron chi connectivity index (χ4n) is 7.74. The first-order valence-corrected chi connectivity index (χ1v) is 26.4. The van der Waals surface area contributed by atoms with Crippen LogP contribution in [0.5, 0.6) is 0 Å². The maximum Gasteiger partial charge on any atom is 0.306 e. The van der Waals surface area contributed by atoms with Gasteiger partial charge in [-0.05, 0) is 32.1 Å². The lowest BCUT2D eigenvalue weighted by molar-refractivity contribution is -0.297. The minimum absolute atomic E-state index is 0.122. The van der Waals surface area contributed by atoms with Crippen LogP contribution in [0.2, 0.25) is 0 Å². The smallest absolute Gasteiger partial charge is 0.306 e. The maximum absolute atomic E-state index is 12.8. The Hall–Kier alpha value is -1.61. The normalized spacial score (nSPS) is 20.0. The molecule has 0 aliphatic carbocycles. The molecule has 0 radical (unpaired) electrons. The lowest BCUT2D eigenvalue weighted by Crippen LogP contribution is -2.60. The van der Waals surface area contributed by atoms with Gasteiger partial charge in [0.15, 0.2) is 12.4 Å². The summed E-state index contributed by atoms with van der Waals surface area (Å²) in [6.07, 6.45) is 32.8. The van der Waals surface area contributed by atoms with Crippen molar-refractivity contribution in [1.29, 1.82) is 0 Å². The van der Waals surface area contributed by atoms with Crippen molar-refractivity contribution < 1.29 is 56.8 Å². The average Bonchev–Trinajstić information content (AvgIpc) is 3.22. The number of hydrogen-bond acceptors (Lipinski definition) is 11. The molecule has 0 aromatic heterocycles. The van der Waals surface area contributed by atoms with Gasteiger partial charge in [-0.1, -0.05) is 193 Å². The van der Waals surface area contributed by atoms with Gasteiger partial charge < -0.3 is 34.3 Å². The van der Waals surface area contributed by atoms with E-state index in [0.717, 1.165) is 32.1 Å². The zero-order valence-corrected chi connectivity index (χ0v) is 39.4. The number of aliphatic hydroxyl groups is 3. The molecular weight excluding hydrogens is 801 g/mol. The van der Waals surface area contributed by atoms with Crippen LogP contribution in [0.3, 0.4) is 0 Å². The van der Waals surface area contributed by atoms with E-state index in [1.165, 1.54) is 148 Å². The first-order valence-electron chi connectivity index (χ1n) is 24.7. The van der Waals surface area contributed by atoms with Crippen LogP contribution in [0.15, 0.2) is 12.2 Å². The summed E-state index contributed by atoms with van der Waals surface area (Å²) in [6.45, 7) is 3.75. The van der Waals surface area contributed by atoms with Crippen LogP contribution in [0.1, 0.15) is 226 Å². The number of carbonyl (C=O) groups is 2. The third-order valence-electron chi connectivity index (χ3n) is 11.6. The van der Waals surface area contributed by atoms with E-state index in [-0.39, 0.29) is 19.4 Å². The van der Waals surface area contributed by atoms with Crippen molar-refractivity contribution in [3.8, 4) is 0 Å². The molecule has 0 spiro atoms. The summed E-state index contributed by atoms with van der Waals surface area (Å²) in [6, 6.07) is 0. The van der Waals surface area contributed by atoms with Gasteiger partial charge in [-0.2, -0.15) is 8.42 Å². The Morgan fingerprint density at radius 2 is 0.951 bits per heavy atom. The highest BCUT2D eigenvalue weighted by Crippen LogP contribution is 2.24. The quantitative estimate of drug-likeness (QED) is 0.0197. The van der Waals surface area contributed by atoms with Crippen LogP contribution in [-0.2, 0) is 38.7 Å². The molecule has 4 N–H and O–H groups in total. The largest absolute Gasteiger partial charge is 0.462 e. The van der Waals surface area contributed by atoms with Gasteiger partial charge in [0.1, 0.15) is 36.8 Å². The lowest BCUT2D eigenvalue weighted by Gasteiger charge is -2.40. The predicted molar refractivity (Wildman–Crippen MR) is 243 cm³/mol. The van der Waals surface area contributed by atoms with E-state index in [1.54, 1.807) is 0 Å². The number of hydrogen-bond donors (Lipinski definition) is 4. The molecule has 13 heteroatoms. The van der Waals surface area contributed by atoms with Gasteiger partial charge in [0.05, 0.1) is 6.61 Å². The molecule has 0 aromatic carbocycles. The molecule has 1 rings (SSSR count). The molecule has 1 aliphatic rings. The monoisotopic (exact) mass is 891 g/mol. The zero-order chi connectivity index (χ0) is 44.8. The Kier molecular flexibility index (Phi) is 36.5. The molecule has 2 unspecified atom stereocenters. The van der Waals surface area contributed by atoms with E-state index in [4.69, 9.17) is 18.9 Å². The second kappa shape index (κ2) is 38.8. The van der Waals surface area contributed by atoms with Crippen LogP contribution in [0.25, 0.3) is 0 Å². The van der Waals surface area contributed by atoms with E-state index < -0.39 is 71.2 Å². The second-order valence-electron chi connectivity index (χ2n) is 17.5. The number of ether oxygens (including phenoxy) is 4.